The highest BCUT2D eigenvalue weighted by Crippen LogP contribution is 2.32. The molecule has 0 aromatic heterocycles. The lowest BCUT2D eigenvalue weighted by Crippen LogP contribution is -2.55. The summed E-state index contributed by atoms with van der Waals surface area (Å²) in [5, 5.41) is 15.4. The van der Waals surface area contributed by atoms with Crippen molar-refractivity contribution < 1.29 is 27.0 Å². The van der Waals surface area contributed by atoms with Gasteiger partial charge in [-0.3, -0.25) is 4.21 Å². The van der Waals surface area contributed by atoms with Gasteiger partial charge in [0, 0.05) is 30.2 Å². The maximum atomic E-state index is 12.8. The van der Waals surface area contributed by atoms with E-state index in [1.807, 2.05) is 42.5 Å². The predicted molar refractivity (Wildman–Crippen MR) is 128 cm³/mol. The fraction of sp³-hybridized carbons (Fsp3) is 0.238. The van der Waals surface area contributed by atoms with Gasteiger partial charge in [-0.05, 0) is 29.1 Å². The van der Waals surface area contributed by atoms with Crippen molar-refractivity contribution in [3.63, 3.8) is 0 Å². The number of hydrogen-bond donors (Lipinski definition) is 3. The van der Waals surface area contributed by atoms with Crippen molar-refractivity contribution in [2.45, 2.75) is 17.5 Å². The largest absolute Gasteiger partial charge is 0.755 e. The van der Waals surface area contributed by atoms with Gasteiger partial charge in [-0.25, -0.2) is 13.4 Å². The van der Waals surface area contributed by atoms with Gasteiger partial charge >= 0.3 is 0 Å². The van der Waals surface area contributed by atoms with Crippen molar-refractivity contribution in [3.05, 3.63) is 65.2 Å². The molecule has 0 saturated carbocycles. The summed E-state index contributed by atoms with van der Waals surface area (Å²) < 4.78 is 55.3. The Kier molecular flexibility index (Phi) is 7.40. The molecule has 1 aliphatic rings. The maximum absolute atomic E-state index is 12.8. The zero-order valence-corrected chi connectivity index (χ0v) is 20.4. The standard InChI is InChI=1S/C21H23ClN4O6S2/c1-25(12-16(27)13-32-20-8-4-6-14-5-2-3-7-17(14)20)26-11-15-9-18(22)19(23-33(28)29)10-21(15)34(30,31)24-26/h2-10,16,23-24,27H,11-13H2,1H3,(H,28,29)/p-1. The number of benzene rings is 3. The van der Waals surface area contributed by atoms with Crippen molar-refractivity contribution in [1.82, 2.24) is 15.0 Å². The van der Waals surface area contributed by atoms with E-state index >= 15 is 0 Å². The third kappa shape index (κ3) is 5.50. The number of rotatable bonds is 8. The molecule has 4 rings (SSSR count). The predicted octanol–water partition coefficient (Wildman–Crippen LogP) is 1.99. The number of likely N-dealkylation sites (N-methyl/N-ethyl adjacent to an activating group) is 1. The van der Waals surface area contributed by atoms with Crippen LogP contribution >= 0.6 is 11.6 Å². The first-order chi connectivity index (χ1) is 16.1. The van der Waals surface area contributed by atoms with Gasteiger partial charge in [0.1, 0.15) is 18.5 Å². The molecule has 10 nitrogen and oxygen atoms in total. The molecule has 0 spiro atoms. The van der Waals surface area contributed by atoms with Crippen LogP contribution < -0.4 is 14.3 Å². The van der Waals surface area contributed by atoms with Gasteiger partial charge in [0.05, 0.1) is 22.2 Å². The van der Waals surface area contributed by atoms with Crippen molar-refractivity contribution in [2.24, 2.45) is 0 Å². The number of hydrazine groups is 2. The highest BCUT2D eigenvalue weighted by atomic mass is 35.5. The van der Waals surface area contributed by atoms with E-state index in [9.17, 15) is 22.3 Å². The van der Waals surface area contributed by atoms with Crippen LogP contribution in [0.25, 0.3) is 10.8 Å². The van der Waals surface area contributed by atoms with Crippen LogP contribution in [0, 0.1) is 0 Å². The van der Waals surface area contributed by atoms with Crippen molar-refractivity contribution in [2.75, 3.05) is 24.9 Å². The quantitative estimate of drug-likeness (QED) is 0.380. The molecule has 13 heteroatoms. The van der Waals surface area contributed by atoms with E-state index in [0.717, 1.165) is 10.8 Å². The first kappa shape index (κ1) is 24.8. The molecule has 1 aliphatic heterocycles. The van der Waals surface area contributed by atoms with E-state index in [-0.39, 0.29) is 35.3 Å². The Morgan fingerprint density at radius 2 is 2.03 bits per heavy atom. The van der Waals surface area contributed by atoms with Crippen molar-refractivity contribution >= 4 is 49.4 Å². The van der Waals surface area contributed by atoms with Gasteiger partial charge in [-0.2, -0.15) is 5.12 Å². The molecule has 2 atom stereocenters. The van der Waals surface area contributed by atoms with Gasteiger partial charge in [-0.15, -0.1) is 4.83 Å². The first-order valence-electron chi connectivity index (χ1n) is 10.1. The minimum Gasteiger partial charge on any atom is -0.755 e. The number of anilines is 1. The summed E-state index contributed by atoms with van der Waals surface area (Å²) in [5.41, 5.74) is 0.335. The molecule has 3 aromatic rings. The molecule has 0 fully saturated rings. The number of halogens is 1. The Labute approximate surface area is 204 Å². The number of hydrogen-bond acceptors (Lipinski definition) is 8. The van der Waals surface area contributed by atoms with Crippen LogP contribution in [0.4, 0.5) is 5.69 Å². The minimum absolute atomic E-state index is 0.00270. The molecule has 0 amide bonds. The normalized spacial score (nSPS) is 17.3. The van der Waals surface area contributed by atoms with Crippen LogP contribution in [-0.4, -0.2) is 58.7 Å². The molecule has 3 N–H and O–H groups in total. The van der Waals surface area contributed by atoms with Crippen LogP contribution in [0.1, 0.15) is 5.56 Å². The third-order valence-corrected chi connectivity index (χ3v) is 7.36. The molecule has 0 aliphatic carbocycles. The number of aliphatic hydroxyl groups excluding tert-OH is 1. The molecule has 2 unspecified atom stereocenters. The summed E-state index contributed by atoms with van der Waals surface area (Å²) in [7, 11) is -2.39. The van der Waals surface area contributed by atoms with Crippen LogP contribution in [0.15, 0.2) is 59.5 Å². The number of nitrogens with one attached hydrogen (secondary N) is 2. The Balaban J connectivity index is 1.43. The maximum Gasteiger partial charge on any atom is 0.254 e. The average molecular weight is 526 g/mol. The molecule has 0 bridgehead atoms. The summed E-state index contributed by atoms with van der Waals surface area (Å²) in [4.78, 5) is 2.32. The third-order valence-electron chi connectivity index (χ3n) is 5.25. The Morgan fingerprint density at radius 1 is 1.29 bits per heavy atom. The van der Waals surface area contributed by atoms with E-state index in [1.54, 1.807) is 7.05 Å². The van der Waals surface area contributed by atoms with E-state index in [1.165, 1.54) is 22.3 Å². The Bertz CT molecular complexity index is 1330. The summed E-state index contributed by atoms with van der Waals surface area (Å²) >= 11 is 3.46. The number of fused-ring (bicyclic) bond motifs is 2. The highest BCUT2D eigenvalue weighted by molar-refractivity contribution is 7.89. The Hall–Kier alpha value is -2.29. The van der Waals surface area contributed by atoms with E-state index in [4.69, 9.17) is 16.3 Å². The molecule has 0 saturated heterocycles. The lowest BCUT2D eigenvalue weighted by atomic mass is 10.1. The zero-order chi connectivity index (χ0) is 24.5. The minimum atomic E-state index is -4.00. The zero-order valence-electron chi connectivity index (χ0n) is 18.0. The molecular formula is C21H22ClN4O6S2-. The average Bonchev–Trinajstić information content (AvgIpc) is 2.77. The molecule has 0 radical (unpaired) electrons. The van der Waals surface area contributed by atoms with Crippen molar-refractivity contribution in [1.29, 1.82) is 0 Å². The fourth-order valence-electron chi connectivity index (χ4n) is 3.67. The molecular weight excluding hydrogens is 504 g/mol. The van der Waals surface area contributed by atoms with Crippen molar-refractivity contribution in [3.8, 4) is 5.75 Å². The van der Waals surface area contributed by atoms with Crippen LogP contribution in [0.3, 0.4) is 0 Å². The number of sulfonamides is 1. The Morgan fingerprint density at radius 3 is 2.79 bits per heavy atom. The summed E-state index contributed by atoms with van der Waals surface area (Å²) in [6, 6.07) is 16.0. The smallest absolute Gasteiger partial charge is 0.254 e. The summed E-state index contributed by atoms with van der Waals surface area (Å²) in [6.45, 7) is 0.191. The molecule has 3 aromatic carbocycles. The lowest BCUT2D eigenvalue weighted by molar-refractivity contribution is -0.0668. The summed E-state index contributed by atoms with van der Waals surface area (Å²) in [6.07, 6.45) is -0.919. The highest BCUT2D eigenvalue weighted by Gasteiger charge is 2.32. The van der Waals surface area contributed by atoms with Gasteiger partial charge < -0.3 is 19.1 Å². The molecule has 182 valence electrons. The van der Waals surface area contributed by atoms with E-state index in [2.05, 4.69) is 9.55 Å². The SMILES string of the molecule is CN(CC(O)COc1cccc2ccccc12)N1Cc2cc(Cl)c(NS(=O)[O-])cc2S(=O)(=O)N1. The van der Waals surface area contributed by atoms with E-state index in [0.29, 0.717) is 11.3 Å². The first-order valence-corrected chi connectivity index (χ1v) is 13.1. The molecule has 34 heavy (non-hydrogen) atoms. The topological polar surface area (TPSA) is 134 Å². The van der Waals surface area contributed by atoms with Gasteiger partial charge in [-0.1, -0.05) is 48.0 Å². The van der Waals surface area contributed by atoms with Crippen LogP contribution in [0.2, 0.25) is 5.02 Å². The number of ether oxygens (including phenoxy) is 1. The number of nitrogens with zero attached hydrogens (tertiary/aromatic N) is 2. The van der Waals surface area contributed by atoms with Gasteiger partial charge in [0.2, 0.25) is 0 Å². The van der Waals surface area contributed by atoms with Gasteiger partial charge in [0.25, 0.3) is 10.0 Å². The van der Waals surface area contributed by atoms with Gasteiger partial charge in [0.15, 0.2) is 0 Å². The fourth-order valence-corrected chi connectivity index (χ4v) is 5.63. The summed E-state index contributed by atoms with van der Waals surface area (Å²) in [5.74, 6) is 0.644. The second-order valence-electron chi connectivity index (χ2n) is 7.71. The lowest BCUT2D eigenvalue weighted by Gasteiger charge is -2.36. The second-order valence-corrected chi connectivity index (χ2v) is 10.4. The second kappa shape index (κ2) is 10.1. The van der Waals surface area contributed by atoms with Crippen LogP contribution in [0.5, 0.6) is 5.75 Å². The molecule has 1 heterocycles. The van der Waals surface area contributed by atoms with Crippen LogP contribution in [-0.2, 0) is 27.8 Å². The van der Waals surface area contributed by atoms with E-state index < -0.39 is 27.4 Å². The number of aliphatic hydroxyl groups is 1. The monoisotopic (exact) mass is 525 g/mol.